The van der Waals surface area contributed by atoms with E-state index in [1.807, 2.05) is 6.07 Å². The number of aryl methyl sites for hydroxylation is 2. The first-order valence-electron chi connectivity index (χ1n) is 12.2. The van der Waals surface area contributed by atoms with Crippen LogP contribution in [0.25, 0.3) is 0 Å². The number of nitrogens with one attached hydrogen (secondary N) is 1. The van der Waals surface area contributed by atoms with Gasteiger partial charge in [-0.2, -0.15) is 0 Å². The van der Waals surface area contributed by atoms with Gasteiger partial charge in [0.2, 0.25) is 11.8 Å². The molecular weight excluding hydrogens is 485 g/mol. The maximum absolute atomic E-state index is 14.4. The topological polar surface area (TPSA) is 93.0 Å². The zero-order chi connectivity index (χ0) is 26.2. The van der Waals surface area contributed by atoms with Crippen LogP contribution in [0, 0.1) is 12.7 Å². The average Bonchev–Trinajstić information content (AvgIpc) is 3.45. The zero-order valence-electron chi connectivity index (χ0n) is 20.3. The van der Waals surface area contributed by atoms with E-state index in [0.717, 1.165) is 17.8 Å². The Morgan fingerprint density at radius 1 is 1.16 bits per heavy atom. The van der Waals surface area contributed by atoms with Crippen molar-refractivity contribution in [3.63, 3.8) is 0 Å². The van der Waals surface area contributed by atoms with E-state index in [9.17, 15) is 22.8 Å². The van der Waals surface area contributed by atoms with Crippen LogP contribution in [0.5, 0.6) is 0 Å². The fraction of sp³-hybridized carbons (Fsp3) is 0.423. The minimum Gasteiger partial charge on any atom is -0.351 e. The number of amides is 2. The Hall–Kier alpha value is -3.76. The smallest absolute Gasteiger partial charge is 0.252 e. The van der Waals surface area contributed by atoms with Gasteiger partial charge in [0.1, 0.15) is 18.2 Å². The maximum atomic E-state index is 14.4. The van der Waals surface area contributed by atoms with E-state index in [4.69, 9.17) is 0 Å². The van der Waals surface area contributed by atoms with E-state index in [0.29, 0.717) is 17.9 Å². The Kier molecular flexibility index (Phi) is 6.47. The second-order valence-electron chi connectivity index (χ2n) is 9.67. The van der Waals surface area contributed by atoms with Gasteiger partial charge in [0.25, 0.3) is 5.91 Å². The molecule has 3 aromatic rings. The van der Waals surface area contributed by atoms with Crippen LogP contribution < -0.4 is 10.2 Å². The first-order valence-corrected chi connectivity index (χ1v) is 12.2. The number of imidazole rings is 1. The molecule has 194 valence electrons. The van der Waals surface area contributed by atoms with Crippen molar-refractivity contribution >= 4 is 17.5 Å². The average molecular weight is 513 g/mol. The molecule has 1 fully saturated rings. The van der Waals surface area contributed by atoms with Crippen molar-refractivity contribution in [3.05, 3.63) is 72.1 Å². The summed E-state index contributed by atoms with van der Waals surface area (Å²) < 4.78 is 43.6. The molecule has 1 saturated carbocycles. The van der Waals surface area contributed by atoms with Crippen LogP contribution in [0.2, 0.25) is 0 Å². The molecule has 1 atom stereocenters. The number of anilines is 1. The Balaban J connectivity index is 1.59. The highest BCUT2D eigenvalue weighted by molar-refractivity contribution is 6.04. The summed E-state index contributed by atoms with van der Waals surface area (Å²) >= 11 is 0. The van der Waals surface area contributed by atoms with Crippen molar-refractivity contribution in [1.82, 2.24) is 24.8 Å². The van der Waals surface area contributed by atoms with Crippen LogP contribution in [0.4, 0.5) is 18.9 Å². The lowest BCUT2D eigenvalue weighted by Crippen LogP contribution is -2.60. The number of halogens is 3. The van der Waals surface area contributed by atoms with E-state index in [1.165, 1.54) is 11.1 Å². The summed E-state index contributed by atoms with van der Waals surface area (Å²) in [5, 5.41) is 2.93. The summed E-state index contributed by atoms with van der Waals surface area (Å²) in [5.74, 6) is -3.84. The van der Waals surface area contributed by atoms with Crippen LogP contribution in [0.15, 0.2) is 49.2 Å². The maximum Gasteiger partial charge on any atom is 0.252 e. The normalized spacial score (nSPS) is 20.9. The summed E-state index contributed by atoms with van der Waals surface area (Å²) in [6, 6.07) is 4.27. The van der Waals surface area contributed by atoms with Gasteiger partial charge in [-0.25, -0.2) is 18.2 Å². The molecule has 5 rings (SSSR count). The van der Waals surface area contributed by atoms with E-state index in [2.05, 4.69) is 20.3 Å². The highest BCUT2D eigenvalue weighted by Crippen LogP contribution is 2.44. The van der Waals surface area contributed by atoms with Gasteiger partial charge in [-0.3, -0.25) is 24.5 Å². The molecular formula is C26H27F3N6O2. The molecule has 2 amide bonds. The van der Waals surface area contributed by atoms with Gasteiger partial charge < -0.3 is 9.88 Å². The van der Waals surface area contributed by atoms with E-state index < -0.39 is 35.1 Å². The number of carbonyl (C=O) groups excluding carboxylic acids is 2. The Labute approximate surface area is 211 Å². The first-order chi connectivity index (χ1) is 17.7. The number of hydrogen-bond donors (Lipinski definition) is 1. The van der Waals surface area contributed by atoms with E-state index in [1.54, 1.807) is 36.1 Å². The zero-order valence-corrected chi connectivity index (χ0v) is 20.3. The van der Waals surface area contributed by atoms with Crippen molar-refractivity contribution < 1.29 is 22.8 Å². The van der Waals surface area contributed by atoms with Crippen LogP contribution in [-0.4, -0.2) is 43.3 Å². The Morgan fingerprint density at radius 3 is 2.65 bits per heavy atom. The van der Waals surface area contributed by atoms with Crippen molar-refractivity contribution in [1.29, 1.82) is 0 Å². The molecule has 37 heavy (non-hydrogen) atoms. The molecule has 11 heteroatoms. The molecule has 8 nitrogen and oxygen atoms in total. The first kappa shape index (κ1) is 24.9. The largest absolute Gasteiger partial charge is 0.351 e. The van der Waals surface area contributed by atoms with Gasteiger partial charge in [-0.15, -0.1) is 0 Å². The minimum atomic E-state index is -2.75. The minimum absolute atomic E-state index is 0.103. The standard InChI is InChI=1S/C26H27F3N6O2/c1-17-31-11-12-34(17)16-22(36)35(21-13-19(27)14-30-15-21)26(9-4-18-3-2-10-32-23(18)26)24(37)33-20-5-7-25(28,29)8-6-20/h2-3,10-15,20H,4-9,16H2,1H3,(H,33,37). The number of nitrogens with zero attached hydrogens (tertiary/aromatic N) is 5. The number of carbonyl (C=O) groups is 2. The number of hydrogen-bond acceptors (Lipinski definition) is 5. The molecule has 1 N–H and O–H groups in total. The van der Waals surface area contributed by atoms with Crippen molar-refractivity contribution in [2.75, 3.05) is 4.90 Å². The van der Waals surface area contributed by atoms with Crippen LogP contribution in [-0.2, 0) is 28.1 Å². The predicted octanol–water partition coefficient (Wildman–Crippen LogP) is 3.69. The van der Waals surface area contributed by atoms with Gasteiger partial charge in [0.15, 0.2) is 5.54 Å². The molecule has 0 spiro atoms. The summed E-state index contributed by atoms with van der Waals surface area (Å²) in [6.45, 7) is 1.59. The molecule has 0 bridgehead atoms. The highest BCUT2D eigenvalue weighted by atomic mass is 19.3. The quantitative estimate of drug-likeness (QED) is 0.544. The SMILES string of the molecule is Cc1nccn1CC(=O)N(c1cncc(F)c1)C1(C(=O)NC2CCC(F)(F)CC2)CCc2cccnc21. The van der Waals surface area contributed by atoms with Crippen molar-refractivity contribution in [3.8, 4) is 0 Å². The third kappa shape index (κ3) is 4.70. The fourth-order valence-electron chi connectivity index (χ4n) is 5.36. The lowest BCUT2D eigenvalue weighted by molar-refractivity contribution is -0.132. The molecule has 2 aliphatic rings. The fourth-order valence-corrected chi connectivity index (χ4v) is 5.36. The number of fused-ring (bicyclic) bond motifs is 1. The third-order valence-corrected chi connectivity index (χ3v) is 7.28. The summed E-state index contributed by atoms with van der Waals surface area (Å²) in [4.78, 5) is 42.0. The lowest BCUT2D eigenvalue weighted by Gasteiger charge is -2.41. The van der Waals surface area contributed by atoms with Gasteiger partial charge in [-0.05, 0) is 44.2 Å². The molecule has 0 saturated heterocycles. The Morgan fingerprint density at radius 2 is 1.95 bits per heavy atom. The van der Waals surface area contributed by atoms with E-state index in [-0.39, 0.29) is 44.3 Å². The molecule has 0 radical (unpaired) electrons. The molecule has 3 aromatic heterocycles. The summed E-state index contributed by atoms with van der Waals surface area (Å²) in [5.41, 5.74) is -0.341. The Bertz CT molecular complexity index is 1320. The lowest BCUT2D eigenvalue weighted by atomic mass is 9.88. The van der Waals surface area contributed by atoms with Gasteiger partial charge in [-0.1, -0.05) is 6.07 Å². The molecule has 2 aliphatic carbocycles. The van der Waals surface area contributed by atoms with Gasteiger partial charge in [0, 0.05) is 43.5 Å². The second kappa shape index (κ2) is 9.60. The number of alkyl halides is 2. The molecule has 0 aliphatic heterocycles. The van der Waals surface area contributed by atoms with E-state index >= 15 is 0 Å². The monoisotopic (exact) mass is 512 g/mol. The van der Waals surface area contributed by atoms with Crippen molar-refractivity contribution in [2.45, 2.75) is 69.5 Å². The molecule has 1 unspecified atom stereocenters. The van der Waals surface area contributed by atoms with Crippen LogP contribution in [0.3, 0.4) is 0 Å². The predicted molar refractivity (Wildman–Crippen MR) is 128 cm³/mol. The number of aromatic nitrogens is 4. The highest BCUT2D eigenvalue weighted by Gasteiger charge is 2.54. The van der Waals surface area contributed by atoms with Gasteiger partial charge in [0.05, 0.1) is 23.8 Å². The van der Waals surface area contributed by atoms with Crippen LogP contribution in [0.1, 0.15) is 49.2 Å². The third-order valence-electron chi connectivity index (χ3n) is 7.28. The van der Waals surface area contributed by atoms with Crippen LogP contribution >= 0.6 is 0 Å². The second-order valence-corrected chi connectivity index (χ2v) is 9.67. The summed E-state index contributed by atoms with van der Waals surface area (Å²) in [6.07, 6.45) is 7.33. The summed E-state index contributed by atoms with van der Waals surface area (Å²) in [7, 11) is 0. The van der Waals surface area contributed by atoms with Gasteiger partial charge >= 0.3 is 0 Å². The van der Waals surface area contributed by atoms with Crippen molar-refractivity contribution in [2.24, 2.45) is 0 Å². The molecule has 3 heterocycles. The number of pyridine rings is 2. The molecule has 0 aromatic carbocycles. The number of rotatable bonds is 6.